The first kappa shape index (κ1) is 21.3. The molecule has 1 saturated heterocycles. The lowest BCUT2D eigenvalue weighted by atomic mass is 10.0. The Labute approximate surface area is 183 Å². The van der Waals surface area contributed by atoms with Crippen molar-refractivity contribution >= 4 is 32.7 Å². The average Bonchev–Trinajstić information content (AvgIpc) is 3.06. The molecule has 174 valence electrons. The fraction of sp³-hybridized carbons (Fsp3) is 0.333. The van der Waals surface area contributed by atoms with Crippen LogP contribution in [0.2, 0.25) is 0 Å². The third-order valence-corrected chi connectivity index (χ3v) is 5.65. The van der Waals surface area contributed by atoms with E-state index in [2.05, 4.69) is 0 Å². The van der Waals surface area contributed by atoms with E-state index in [-0.39, 0.29) is 50.0 Å². The largest absolute Gasteiger partial charge is 0.504 e. The highest BCUT2D eigenvalue weighted by molar-refractivity contribution is 6.22. The zero-order valence-electron chi connectivity index (χ0n) is 17.2. The Morgan fingerprint density at radius 2 is 1.48 bits per heavy atom. The molecule has 1 aliphatic heterocycles. The van der Waals surface area contributed by atoms with E-state index in [1.165, 1.54) is 20.3 Å². The van der Waals surface area contributed by atoms with Gasteiger partial charge in [0.05, 0.1) is 31.6 Å². The van der Waals surface area contributed by atoms with E-state index in [1.54, 1.807) is 0 Å². The predicted molar refractivity (Wildman–Crippen MR) is 110 cm³/mol. The molecule has 4 atom stereocenters. The summed E-state index contributed by atoms with van der Waals surface area (Å²) in [6.07, 6.45) is -5.45. The summed E-state index contributed by atoms with van der Waals surface area (Å²) in [6, 6.07) is 2.39. The molecule has 4 aromatic rings. The predicted octanol–water partition coefficient (Wildman–Crippen LogP) is 0.0310. The Morgan fingerprint density at radius 3 is 2.03 bits per heavy atom. The molecule has 3 heterocycles. The molecule has 4 N–H and O–H groups in total. The molecular weight excluding hydrogens is 444 g/mol. The maximum absolute atomic E-state index is 12.9. The van der Waals surface area contributed by atoms with Gasteiger partial charge >= 0.3 is 11.3 Å². The van der Waals surface area contributed by atoms with Crippen molar-refractivity contribution in [2.75, 3.05) is 20.8 Å². The molecule has 33 heavy (non-hydrogen) atoms. The molecule has 0 radical (unpaired) electrons. The number of rotatable bonds is 5. The van der Waals surface area contributed by atoms with Crippen molar-refractivity contribution in [1.29, 1.82) is 0 Å². The van der Waals surface area contributed by atoms with E-state index in [0.717, 1.165) is 6.07 Å². The fourth-order valence-corrected chi connectivity index (χ4v) is 4.12. The van der Waals surface area contributed by atoms with Crippen molar-refractivity contribution < 1.29 is 48.2 Å². The molecule has 0 amide bonds. The van der Waals surface area contributed by atoms with Gasteiger partial charge in [0.25, 0.3) is 0 Å². The molecular formula is C21H18O12. The van der Waals surface area contributed by atoms with Crippen molar-refractivity contribution in [2.45, 2.75) is 24.6 Å². The second-order valence-corrected chi connectivity index (χ2v) is 7.44. The number of aromatic hydroxyl groups is 1. The number of ether oxygens (including phenoxy) is 4. The molecule has 0 spiro atoms. The molecule has 2 aromatic heterocycles. The van der Waals surface area contributed by atoms with E-state index < -0.39 is 48.2 Å². The van der Waals surface area contributed by atoms with Crippen molar-refractivity contribution in [3.8, 4) is 23.0 Å². The highest BCUT2D eigenvalue weighted by Crippen LogP contribution is 2.46. The van der Waals surface area contributed by atoms with Gasteiger partial charge in [-0.05, 0) is 12.1 Å². The van der Waals surface area contributed by atoms with Crippen molar-refractivity contribution in [3.05, 3.63) is 33.0 Å². The molecule has 0 saturated carbocycles. The number of hydrogen-bond acceptors (Lipinski definition) is 12. The molecule has 5 rings (SSSR count). The Balaban J connectivity index is 1.81. The number of phenolic OH excluding ortho intramolecular Hbond substituents is 1. The minimum absolute atomic E-state index is 0.0521. The van der Waals surface area contributed by atoms with Gasteiger partial charge in [0, 0.05) is 10.8 Å². The van der Waals surface area contributed by atoms with Crippen LogP contribution in [0.5, 0.6) is 23.0 Å². The van der Waals surface area contributed by atoms with Crippen LogP contribution in [-0.4, -0.2) is 65.9 Å². The van der Waals surface area contributed by atoms with E-state index >= 15 is 0 Å². The minimum atomic E-state index is -1.52. The minimum Gasteiger partial charge on any atom is -0.504 e. The lowest BCUT2D eigenvalue weighted by molar-refractivity contribution is -0.117. The Kier molecular flexibility index (Phi) is 4.83. The smallest absolute Gasteiger partial charge is 0.344 e. The standard InChI is InChI=1S/C21H18O12/c1-28-15-8(23)3-6-11-12-7(20(27)32-17(11)15)4-9(16(29-2)18(12)33-19(6)26)30-21-14(25)13(24)10(5-22)31-21/h3-4,10,13-14,21-25H,5H2,1-2H3. The van der Waals surface area contributed by atoms with E-state index in [0.29, 0.717) is 0 Å². The third kappa shape index (κ3) is 2.92. The second-order valence-electron chi connectivity index (χ2n) is 7.44. The van der Waals surface area contributed by atoms with Crippen LogP contribution < -0.4 is 25.5 Å². The summed E-state index contributed by atoms with van der Waals surface area (Å²) in [5.74, 6) is -0.806. The molecule has 1 aliphatic rings. The SMILES string of the molecule is COc1c(O)cc2c(=O)oc3c(OC)c(OC4OC(CO)C(O)C4O)cc4c(=O)oc1c2c34. The van der Waals surface area contributed by atoms with Gasteiger partial charge in [0.2, 0.25) is 17.8 Å². The van der Waals surface area contributed by atoms with Crippen LogP contribution in [0.4, 0.5) is 0 Å². The number of aliphatic hydroxyl groups is 3. The fourth-order valence-electron chi connectivity index (χ4n) is 4.12. The highest BCUT2D eigenvalue weighted by atomic mass is 16.7. The van der Waals surface area contributed by atoms with Crippen LogP contribution in [0.3, 0.4) is 0 Å². The zero-order chi connectivity index (χ0) is 23.6. The first-order valence-corrected chi connectivity index (χ1v) is 9.73. The van der Waals surface area contributed by atoms with E-state index in [1.807, 2.05) is 0 Å². The van der Waals surface area contributed by atoms with Gasteiger partial charge in [-0.15, -0.1) is 0 Å². The maximum atomic E-state index is 12.9. The number of hydrogen-bond donors (Lipinski definition) is 4. The zero-order valence-corrected chi connectivity index (χ0v) is 17.2. The van der Waals surface area contributed by atoms with Crippen LogP contribution in [-0.2, 0) is 4.74 Å². The Hall–Kier alpha value is -3.58. The molecule has 0 bridgehead atoms. The van der Waals surface area contributed by atoms with Gasteiger partial charge in [-0.2, -0.15) is 0 Å². The Morgan fingerprint density at radius 1 is 0.909 bits per heavy atom. The van der Waals surface area contributed by atoms with Crippen LogP contribution in [0.25, 0.3) is 32.7 Å². The second kappa shape index (κ2) is 7.49. The molecule has 1 fully saturated rings. The summed E-state index contributed by atoms with van der Waals surface area (Å²) in [6.45, 7) is -0.567. The lowest BCUT2D eigenvalue weighted by Crippen LogP contribution is -2.35. The van der Waals surface area contributed by atoms with Gasteiger partial charge in [0.1, 0.15) is 18.3 Å². The molecule has 12 heteroatoms. The van der Waals surface area contributed by atoms with Gasteiger partial charge < -0.3 is 48.2 Å². The topological polar surface area (TPSA) is 178 Å². The normalized spacial score (nSPS) is 23.1. The van der Waals surface area contributed by atoms with Gasteiger partial charge in [-0.25, -0.2) is 9.59 Å². The van der Waals surface area contributed by atoms with Crippen molar-refractivity contribution in [2.24, 2.45) is 0 Å². The third-order valence-electron chi connectivity index (χ3n) is 5.65. The molecule has 2 aromatic carbocycles. The van der Waals surface area contributed by atoms with Crippen molar-refractivity contribution in [1.82, 2.24) is 0 Å². The number of methoxy groups -OCH3 is 2. The number of benzene rings is 2. The molecule has 0 aliphatic carbocycles. The number of phenols is 1. The van der Waals surface area contributed by atoms with Crippen LogP contribution >= 0.6 is 0 Å². The van der Waals surface area contributed by atoms with Crippen LogP contribution in [0.1, 0.15) is 0 Å². The van der Waals surface area contributed by atoms with Gasteiger partial charge in [0.15, 0.2) is 22.7 Å². The monoisotopic (exact) mass is 462 g/mol. The van der Waals surface area contributed by atoms with Gasteiger partial charge in [-0.1, -0.05) is 0 Å². The van der Waals surface area contributed by atoms with Crippen molar-refractivity contribution in [3.63, 3.8) is 0 Å². The molecule has 12 nitrogen and oxygen atoms in total. The summed E-state index contributed by atoms with van der Waals surface area (Å²) >= 11 is 0. The quantitative estimate of drug-likeness (QED) is 0.231. The first-order valence-electron chi connectivity index (χ1n) is 9.73. The van der Waals surface area contributed by atoms with Gasteiger partial charge in [-0.3, -0.25) is 0 Å². The summed E-state index contributed by atoms with van der Waals surface area (Å²) in [7, 11) is 2.53. The summed E-state index contributed by atoms with van der Waals surface area (Å²) in [5, 5.41) is 39.9. The molecule has 4 unspecified atom stereocenters. The lowest BCUT2D eigenvalue weighted by Gasteiger charge is -2.20. The summed E-state index contributed by atoms with van der Waals surface area (Å²) in [4.78, 5) is 25.6. The van der Waals surface area contributed by atoms with E-state index in [4.69, 9.17) is 27.8 Å². The van der Waals surface area contributed by atoms with Crippen LogP contribution in [0.15, 0.2) is 30.6 Å². The Bertz CT molecular complexity index is 1480. The first-order chi connectivity index (χ1) is 15.8. The highest BCUT2D eigenvalue weighted by Gasteiger charge is 2.44. The summed E-state index contributed by atoms with van der Waals surface area (Å²) < 4.78 is 32.3. The summed E-state index contributed by atoms with van der Waals surface area (Å²) in [5.41, 5.74) is -2.02. The van der Waals surface area contributed by atoms with Crippen LogP contribution in [0, 0.1) is 0 Å². The average molecular weight is 462 g/mol. The maximum Gasteiger partial charge on any atom is 0.344 e. The number of aliphatic hydroxyl groups excluding tert-OH is 3. The van der Waals surface area contributed by atoms with E-state index in [9.17, 15) is 30.0 Å².